The maximum absolute atomic E-state index is 13.2. The molecule has 0 bridgehead atoms. The molecule has 0 radical (unpaired) electrons. The summed E-state index contributed by atoms with van der Waals surface area (Å²) in [5.74, 6) is -0.0112. The number of hydrogen-bond donors (Lipinski definition) is 0. The minimum absolute atomic E-state index is 0.0112. The SMILES string of the molecule is CC(C)(C)c1ccccc1N1C(=O)[C@H](c2ccccc2)OC1(C)C. The van der Waals surface area contributed by atoms with Crippen molar-refractivity contribution in [3.05, 3.63) is 65.7 Å². The summed E-state index contributed by atoms with van der Waals surface area (Å²) in [5, 5.41) is 0. The first-order chi connectivity index (χ1) is 11.2. The van der Waals surface area contributed by atoms with E-state index in [0.717, 1.165) is 16.8 Å². The highest BCUT2D eigenvalue weighted by Crippen LogP contribution is 2.43. The van der Waals surface area contributed by atoms with E-state index in [0.29, 0.717) is 0 Å². The molecule has 3 nitrogen and oxygen atoms in total. The summed E-state index contributed by atoms with van der Waals surface area (Å²) in [6.07, 6.45) is -0.561. The molecular formula is C21H25NO2. The number of rotatable bonds is 2. The number of para-hydroxylation sites is 1. The van der Waals surface area contributed by atoms with Gasteiger partial charge in [0.2, 0.25) is 0 Å². The number of amides is 1. The molecule has 0 saturated carbocycles. The van der Waals surface area contributed by atoms with Crippen LogP contribution >= 0.6 is 0 Å². The second-order valence-electron chi connectivity index (χ2n) is 7.80. The van der Waals surface area contributed by atoms with Crippen LogP contribution in [-0.4, -0.2) is 11.6 Å². The molecule has 0 aromatic heterocycles. The molecule has 1 atom stereocenters. The van der Waals surface area contributed by atoms with Gasteiger partial charge < -0.3 is 4.74 Å². The first-order valence-electron chi connectivity index (χ1n) is 8.38. The second kappa shape index (κ2) is 5.75. The van der Waals surface area contributed by atoms with E-state index in [1.165, 1.54) is 0 Å². The van der Waals surface area contributed by atoms with Gasteiger partial charge in [-0.2, -0.15) is 0 Å². The Morgan fingerprint density at radius 1 is 0.958 bits per heavy atom. The van der Waals surface area contributed by atoms with Gasteiger partial charge in [0, 0.05) is 0 Å². The molecule has 1 saturated heterocycles. The fraction of sp³-hybridized carbons (Fsp3) is 0.381. The van der Waals surface area contributed by atoms with Crippen molar-refractivity contribution in [2.45, 2.75) is 51.9 Å². The predicted octanol–water partition coefficient (Wildman–Crippen LogP) is 4.82. The van der Waals surface area contributed by atoms with E-state index in [9.17, 15) is 4.79 Å². The van der Waals surface area contributed by atoms with Crippen molar-refractivity contribution in [1.29, 1.82) is 0 Å². The average Bonchev–Trinajstić information content (AvgIpc) is 2.77. The molecule has 24 heavy (non-hydrogen) atoms. The van der Waals surface area contributed by atoms with Gasteiger partial charge in [-0.15, -0.1) is 0 Å². The lowest BCUT2D eigenvalue weighted by atomic mass is 9.85. The van der Waals surface area contributed by atoms with Crippen molar-refractivity contribution >= 4 is 11.6 Å². The standard InChI is InChI=1S/C21H25NO2/c1-20(2,3)16-13-9-10-14-17(16)22-19(23)18(24-21(22,4)5)15-11-7-6-8-12-15/h6-14,18H,1-5H3/t18-/m0/s1. The zero-order chi connectivity index (χ0) is 17.5. The van der Waals surface area contributed by atoms with E-state index in [1.54, 1.807) is 0 Å². The zero-order valence-corrected chi connectivity index (χ0v) is 15.0. The molecule has 0 unspecified atom stereocenters. The largest absolute Gasteiger partial charge is 0.338 e. The molecular weight excluding hydrogens is 298 g/mol. The lowest BCUT2D eigenvalue weighted by molar-refractivity contribution is -0.123. The Morgan fingerprint density at radius 2 is 1.54 bits per heavy atom. The van der Waals surface area contributed by atoms with Gasteiger partial charge in [-0.05, 0) is 36.5 Å². The van der Waals surface area contributed by atoms with E-state index in [1.807, 2.05) is 67.3 Å². The Morgan fingerprint density at radius 3 is 2.17 bits per heavy atom. The molecule has 126 valence electrons. The quantitative estimate of drug-likeness (QED) is 0.792. The van der Waals surface area contributed by atoms with Crippen molar-refractivity contribution in [3.8, 4) is 0 Å². The molecule has 3 rings (SSSR count). The lowest BCUT2D eigenvalue weighted by Gasteiger charge is -2.34. The van der Waals surface area contributed by atoms with Crippen LogP contribution in [0.2, 0.25) is 0 Å². The van der Waals surface area contributed by atoms with Crippen molar-refractivity contribution in [2.24, 2.45) is 0 Å². The minimum atomic E-state index is -0.695. The van der Waals surface area contributed by atoms with Crippen LogP contribution in [0.25, 0.3) is 0 Å². The number of ether oxygens (including phenoxy) is 1. The topological polar surface area (TPSA) is 29.5 Å². The van der Waals surface area contributed by atoms with Gasteiger partial charge in [-0.1, -0.05) is 69.3 Å². The summed E-state index contributed by atoms with van der Waals surface area (Å²) in [5.41, 5.74) is 2.21. The van der Waals surface area contributed by atoms with Crippen LogP contribution in [0.3, 0.4) is 0 Å². The zero-order valence-electron chi connectivity index (χ0n) is 15.0. The molecule has 1 heterocycles. The van der Waals surface area contributed by atoms with Crippen LogP contribution in [0.15, 0.2) is 54.6 Å². The van der Waals surface area contributed by atoms with E-state index in [2.05, 4.69) is 26.8 Å². The van der Waals surface area contributed by atoms with Crippen LogP contribution in [0.1, 0.15) is 51.8 Å². The summed E-state index contributed by atoms with van der Waals surface area (Å²) in [4.78, 5) is 15.0. The number of carbonyl (C=O) groups excluding carboxylic acids is 1. The summed E-state index contributed by atoms with van der Waals surface area (Å²) in [6, 6.07) is 17.8. The third-order valence-electron chi connectivity index (χ3n) is 4.44. The number of carbonyl (C=O) groups is 1. The van der Waals surface area contributed by atoms with Crippen LogP contribution in [0.4, 0.5) is 5.69 Å². The van der Waals surface area contributed by atoms with Gasteiger partial charge in [0.1, 0.15) is 5.72 Å². The molecule has 3 heteroatoms. The van der Waals surface area contributed by atoms with E-state index in [4.69, 9.17) is 4.74 Å². The van der Waals surface area contributed by atoms with Crippen LogP contribution < -0.4 is 4.90 Å². The fourth-order valence-electron chi connectivity index (χ4n) is 3.32. The van der Waals surface area contributed by atoms with Crippen LogP contribution in [0, 0.1) is 0 Å². The normalized spacial score (nSPS) is 20.5. The first kappa shape index (κ1) is 16.7. The maximum Gasteiger partial charge on any atom is 0.263 e. The van der Waals surface area contributed by atoms with Crippen molar-refractivity contribution in [2.75, 3.05) is 4.90 Å². The lowest BCUT2D eigenvalue weighted by Crippen LogP contribution is -2.43. The predicted molar refractivity (Wildman–Crippen MR) is 97.0 cm³/mol. The number of hydrogen-bond acceptors (Lipinski definition) is 2. The fourth-order valence-corrected chi connectivity index (χ4v) is 3.32. The van der Waals surface area contributed by atoms with Crippen molar-refractivity contribution < 1.29 is 9.53 Å². The van der Waals surface area contributed by atoms with Gasteiger partial charge >= 0.3 is 0 Å². The smallest absolute Gasteiger partial charge is 0.263 e. The van der Waals surface area contributed by atoms with Crippen molar-refractivity contribution in [3.63, 3.8) is 0 Å². The number of nitrogens with zero attached hydrogens (tertiary/aromatic N) is 1. The van der Waals surface area contributed by atoms with Gasteiger partial charge in [0.05, 0.1) is 5.69 Å². The monoisotopic (exact) mass is 323 g/mol. The molecule has 1 aliphatic rings. The Balaban J connectivity index is 2.08. The third-order valence-corrected chi connectivity index (χ3v) is 4.44. The highest BCUT2D eigenvalue weighted by atomic mass is 16.5. The molecule has 0 N–H and O–H groups in total. The third kappa shape index (κ3) is 2.84. The van der Waals surface area contributed by atoms with Crippen LogP contribution in [-0.2, 0) is 14.9 Å². The number of anilines is 1. The molecule has 2 aromatic carbocycles. The van der Waals surface area contributed by atoms with E-state index >= 15 is 0 Å². The van der Waals surface area contributed by atoms with E-state index in [-0.39, 0.29) is 11.3 Å². The van der Waals surface area contributed by atoms with Gasteiger partial charge in [0.25, 0.3) is 5.91 Å². The highest BCUT2D eigenvalue weighted by molar-refractivity contribution is 6.00. The maximum atomic E-state index is 13.2. The summed E-state index contributed by atoms with van der Waals surface area (Å²) >= 11 is 0. The second-order valence-corrected chi connectivity index (χ2v) is 7.80. The molecule has 1 aliphatic heterocycles. The Kier molecular flexibility index (Phi) is 4.00. The molecule has 0 aliphatic carbocycles. The highest BCUT2D eigenvalue weighted by Gasteiger charge is 2.48. The Labute approximate surface area is 144 Å². The van der Waals surface area contributed by atoms with Crippen LogP contribution in [0.5, 0.6) is 0 Å². The molecule has 1 fully saturated rings. The molecule has 2 aromatic rings. The van der Waals surface area contributed by atoms with Gasteiger partial charge in [-0.25, -0.2) is 0 Å². The minimum Gasteiger partial charge on any atom is -0.338 e. The summed E-state index contributed by atoms with van der Waals surface area (Å²) < 4.78 is 6.16. The van der Waals surface area contributed by atoms with E-state index < -0.39 is 11.8 Å². The van der Waals surface area contributed by atoms with Crippen molar-refractivity contribution in [1.82, 2.24) is 0 Å². The summed E-state index contributed by atoms with van der Waals surface area (Å²) in [6.45, 7) is 10.4. The van der Waals surface area contributed by atoms with Gasteiger partial charge in [-0.3, -0.25) is 9.69 Å². The average molecular weight is 323 g/mol. The molecule has 1 amide bonds. The first-order valence-corrected chi connectivity index (χ1v) is 8.38. The summed E-state index contributed by atoms with van der Waals surface area (Å²) in [7, 11) is 0. The number of benzene rings is 2. The van der Waals surface area contributed by atoms with Gasteiger partial charge in [0.15, 0.2) is 6.10 Å². The molecule has 0 spiro atoms. The Hall–Kier alpha value is -2.13. The Bertz CT molecular complexity index is 744.